The number of likely N-dealkylation sites (tertiary alicyclic amines) is 1. The minimum Gasteiger partial charge on any atom is -0.282 e. The molecule has 1 aliphatic rings. The van der Waals surface area contributed by atoms with Crippen LogP contribution in [0.1, 0.15) is 46.0 Å². The van der Waals surface area contributed by atoms with Crippen molar-refractivity contribution >= 4 is 23.4 Å². The Hall–Kier alpha value is -0.570. The molecule has 1 heterocycles. The highest BCUT2D eigenvalue weighted by atomic mass is 35.5. The van der Waals surface area contributed by atoms with Crippen molar-refractivity contribution in [3.8, 4) is 0 Å². The van der Waals surface area contributed by atoms with Crippen LogP contribution in [-0.2, 0) is 9.59 Å². The molecule has 0 saturated carbocycles. The number of imide groups is 1. The molecule has 0 bridgehead atoms. The third-order valence-electron chi connectivity index (χ3n) is 3.61. The Bertz CT molecular complexity index is 274. The van der Waals surface area contributed by atoms with Crippen LogP contribution in [-0.4, -0.2) is 29.1 Å². The summed E-state index contributed by atoms with van der Waals surface area (Å²) in [7, 11) is 0. The summed E-state index contributed by atoms with van der Waals surface area (Å²) in [4.78, 5) is 25.4. The Balaban J connectivity index is 2.67. The van der Waals surface area contributed by atoms with E-state index >= 15 is 0 Å². The lowest BCUT2D eigenvalue weighted by Crippen LogP contribution is -2.35. The zero-order valence-electron chi connectivity index (χ0n) is 10.1. The monoisotopic (exact) mass is 245 g/mol. The van der Waals surface area contributed by atoms with Gasteiger partial charge in [0.25, 0.3) is 0 Å². The van der Waals surface area contributed by atoms with Gasteiger partial charge in [-0.1, -0.05) is 13.8 Å². The maximum Gasteiger partial charge on any atom is 0.235 e. The van der Waals surface area contributed by atoms with Crippen LogP contribution in [0.3, 0.4) is 0 Å². The molecule has 1 aliphatic heterocycles. The van der Waals surface area contributed by atoms with E-state index < -0.39 is 5.41 Å². The summed E-state index contributed by atoms with van der Waals surface area (Å²) in [5, 5.41) is 0. The minimum absolute atomic E-state index is 0.0109. The number of carbonyl (C=O) groups excluding carboxylic acids is 2. The van der Waals surface area contributed by atoms with Crippen LogP contribution in [0.5, 0.6) is 0 Å². The first kappa shape index (κ1) is 13.5. The number of hydrogen-bond acceptors (Lipinski definition) is 2. The minimum atomic E-state index is -0.419. The van der Waals surface area contributed by atoms with Gasteiger partial charge in [-0.05, 0) is 25.7 Å². The number of alkyl halides is 1. The molecule has 1 fully saturated rings. The SMILES string of the molecule is CCC1(CC)CC(=O)N(CCCCCl)C1=O. The van der Waals surface area contributed by atoms with E-state index in [0.717, 1.165) is 25.7 Å². The van der Waals surface area contributed by atoms with E-state index in [2.05, 4.69) is 0 Å². The molecule has 16 heavy (non-hydrogen) atoms. The standard InChI is InChI=1S/C12H20ClNO2/c1-3-12(4-2)9-10(15)14(11(12)16)8-6-5-7-13/h3-9H2,1-2H3. The molecule has 3 nitrogen and oxygen atoms in total. The molecule has 0 N–H and O–H groups in total. The van der Waals surface area contributed by atoms with Crippen molar-refractivity contribution in [3.63, 3.8) is 0 Å². The number of amides is 2. The van der Waals surface area contributed by atoms with Crippen molar-refractivity contribution in [2.24, 2.45) is 5.41 Å². The molecule has 1 saturated heterocycles. The summed E-state index contributed by atoms with van der Waals surface area (Å²) in [5.41, 5.74) is -0.419. The second-order valence-electron chi connectivity index (χ2n) is 4.41. The lowest BCUT2D eigenvalue weighted by Gasteiger charge is -2.23. The van der Waals surface area contributed by atoms with E-state index in [9.17, 15) is 9.59 Å². The first-order valence-corrected chi connectivity index (χ1v) is 6.55. The van der Waals surface area contributed by atoms with Crippen LogP contribution in [0, 0.1) is 5.41 Å². The first-order valence-electron chi connectivity index (χ1n) is 6.02. The summed E-state index contributed by atoms with van der Waals surface area (Å²) >= 11 is 5.58. The van der Waals surface area contributed by atoms with Crippen LogP contribution < -0.4 is 0 Å². The van der Waals surface area contributed by atoms with Crippen LogP contribution in [0.2, 0.25) is 0 Å². The van der Waals surface area contributed by atoms with Crippen molar-refractivity contribution in [2.45, 2.75) is 46.0 Å². The third-order valence-corrected chi connectivity index (χ3v) is 3.88. The topological polar surface area (TPSA) is 37.4 Å². The summed E-state index contributed by atoms with van der Waals surface area (Å²) in [5.74, 6) is 0.600. The molecular formula is C12H20ClNO2. The highest BCUT2D eigenvalue weighted by Gasteiger charge is 2.48. The van der Waals surface area contributed by atoms with Gasteiger partial charge in [-0.25, -0.2) is 0 Å². The second kappa shape index (κ2) is 5.67. The van der Waals surface area contributed by atoms with Gasteiger partial charge < -0.3 is 0 Å². The Kier molecular flexibility index (Phi) is 4.78. The Morgan fingerprint density at radius 2 is 1.88 bits per heavy atom. The van der Waals surface area contributed by atoms with Gasteiger partial charge in [0.1, 0.15) is 0 Å². The molecule has 1 rings (SSSR count). The predicted molar refractivity (Wildman–Crippen MR) is 64.3 cm³/mol. The van der Waals surface area contributed by atoms with E-state index in [4.69, 9.17) is 11.6 Å². The van der Waals surface area contributed by atoms with Crippen LogP contribution in [0.15, 0.2) is 0 Å². The van der Waals surface area contributed by atoms with Gasteiger partial charge in [0.05, 0.1) is 5.41 Å². The second-order valence-corrected chi connectivity index (χ2v) is 4.79. The van der Waals surface area contributed by atoms with Crippen molar-refractivity contribution in [1.29, 1.82) is 0 Å². The fourth-order valence-electron chi connectivity index (χ4n) is 2.25. The van der Waals surface area contributed by atoms with Gasteiger partial charge in [0, 0.05) is 18.8 Å². The molecule has 2 amide bonds. The number of rotatable bonds is 6. The molecule has 0 aromatic heterocycles. The number of halogens is 1. The van der Waals surface area contributed by atoms with E-state index in [0.29, 0.717) is 18.8 Å². The molecule has 0 aromatic carbocycles. The fourth-order valence-corrected chi connectivity index (χ4v) is 2.44. The first-order chi connectivity index (χ1) is 7.61. The van der Waals surface area contributed by atoms with Crippen LogP contribution in [0.4, 0.5) is 0 Å². The Labute approximate surface area is 102 Å². The van der Waals surface area contributed by atoms with Gasteiger partial charge in [-0.2, -0.15) is 0 Å². The average molecular weight is 246 g/mol. The van der Waals surface area contributed by atoms with E-state index in [1.165, 1.54) is 4.90 Å². The normalized spacial score (nSPS) is 19.6. The third kappa shape index (κ3) is 2.40. The maximum atomic E-state index is 12.2. The Morgan fingerprint density at radius 1 is 1.25 bits per heavy atom. The molecule has 0 aliphatic carbocycles. The van der Waals surface area contributed by atoms with E-state index in [-0.39, 0.29) is 11.8 Å². The van der Waals surface area contributed by atoms with Gasteiger partial charge in [-0.3, -0.25) is 14.5 Å². The maximum absolute atomic E-state index is 12.2. The lowest BCUT2D eigenvalue weighted by atomic mass is 9.81. The van der Waals surface area contributed by atoms with Gasteiger partial charge in [0.15, 0.2) is 0 Å². The summed E-state index contributed by atoms with van der Waals surface area (Å²) in [6, 6.07) is 0. The van der Waals surface area contributed by atoms with E-state index in [1.54, 1.807) is 0 Å². The number of carbonyl (C=O) groups is 2. The summed E-state index contributed by atoms with van der Waals surface area (Å²) < 4.78 is 0. The van der Waals surface area contributed by atoms with Crippen molar-refractivity contribution < 1.29 is 9.59 Å². The number of unbranched alkanes of at least 4 members (excludes halogenated alkanes) is 1. The zero-order valence-corrected chi connectivity index (χ0v) is 10.8. The molecule has 4 heteroatoms. The molecule has 92 valence electrons. The van der Waals surface area contributed by atoms with Gasteiger partial charge in [-0.15, -0.1) is 11.6 Å². The zero-order chi connectivity index (χ0) is 12.2. The van der Waals surface area contributed by atoms with Gasteiger partial charge in [0.2, 0.25) is 11.8 Å². The molecule has 0 spiro atoms. The highest BCUT2D eigenvalue weighted by molar-refractivity contribution is 6.17. The lowest BCUT2D eigenvalue weighted by molar-refractivity contribution is -0.141. The Morgan fingerprint density at radius 3 is 2.31 bits per heavy atom. The average Bonchev–Trinajstić information content (AvgIpc) is 2.53. The molecule has 0 atom stereocenters. The largest absolute Gasteiger partial charge is 0.282 e. The molecule has 0 radical (unpaired) electrons. The van der Waals surface area contributed by atoms with Crippen molar-refractivity contribution in [2.75, 3.05) is 12.4 Å². The van der Waals surface area contributed by atoms with Crippen molar-refractivity contribution in [3.05, 3.63) is 0 Å². The quantitative estimate of drug-likeness (QED) is 0.410. The van der Waals surface area contributed by atoms with Gasteiger partial charge >= 0.3 is 0 Å². The fraction of sp³-hybridized carbons (Fsp3) is 0.833. The molecule has 0 unspecified atom stereocenters. The highest BCUT2D eigenvalue weighted by Crippen LogP contribution is 2.39. The predicted octanol–water partition coefficient (Wildman–Crippen LogP) is 2.57. The van der Waals surface area contributed by atoms with E-state index in [1.807, 2.05) is 13.8 Å². The summed E-state index contributed by atoms with van der Waals surface area (Å²) in [6.45, 7) is 4.50. The number of hydrogen-bond donors (Lipinski definition) is 0. The molecular weight excluding hydrogens is 226 g/mol. The summed E-state index contributed by atoms with van der Waals surface area (Å²) in [6.07, 6.45) is 3.55. The van der Waals surface area contributed by atoms with Crippen LogP contribution in [0.25, 0.3) is 0 Å². The van der Waals surface area contributed by atoms with Crippen molar-refractivity contribution in [1.82, 2.24) is 4.90 Å². The smallest absolute Gasteiger partial charge is 0.235 e. The molecule has 0 aromatic rings. The van der Waals surface area contributed by atoms with Crippen LogP contribution >= 0.6 is 11.6 Å². The number of nitrogens with zero attached hydrogens (tertiary/aromatic N) is 1.